The van der Waals surface area contributed by atoms with Crippen LogP contribution in [0, 0.1) is 6.92 Å². The van der Waals surface area contributed by atoms with Crippen LogP contribution in [-0.4, -0.2) is 0 Å². The van der Waals surface area contributed by atoms with Crippen LogP contribution in [0.2, 0.25) is 0 Å². The number of benzene rings is 2. The second-order valence-electron chi connectivity index (χ2n) is 4.93. The normalized spacial score (nSPS) is 10.6. The van der Waals surface area contributed by atoms with Gasteiger partial charge in [0.2, 0.25) is 0 Å². The van der Waals surface area contributed by atoms with E-state index >= 15 is 0 Å². The molecule has 0 radical (unpaired) electrons. The third-order valence-corrected chi connectivity index (χ3v) is 3.32. The van der Waals surface area contributed by atoms with Gasteiger partial charge in [0.25, 0.3) is 0 Å². The van der Waals surface area contributed by atoms with Crippen molar-refractivity contribution in [2.75, 3.05) is 5.73 Å². The number of nitrogens with two attached hydrogens (primary N) is 1. The fraction of sp³-hybridized carbons (Fsp3) is 0.294. The van der Waals surface area contributed by atoms with Crippen LogP contribution in [0.3, 0.4) is 0 Å². The highest BCUT2D eigenvalue weighted by Gasteiger charge is 2.01. The maximum atomic E-state index is 5.77. The van der Waals surface area contributed by atoms with E-state index in [9.17, 15) is 0 Å². The molecule has 1 heteroatoms. The number of hydrogen-bond acceptors (Lipinski definition) is 1. The molecule has 18 heavy (non-hydrogen) atoms. The second-order valence-corrected chi connectivity index (χ2v) is 4.93. The minimum atomic E-state index is 0.842. The molecule has 0 aliphatic carbocycles. The topological polar surface area (TPSA) is 26.0 Å². The van der Waals surface area contributed by atoms with Gasteiger partial charge in [-0.15, -0.1) is 0 Å². The van der Waals surface area contributed by atoms with Crippen molar-refractivity contribution in [1.29, 1.82) is 0 Å². The summed E-state index contributed by atoms with van der Waals surface area (Å²) in [7, 11) is 0. The van der Waals surface area contributed by atoms with E-state index < -0.39 is 0 Å². The van der Waals surface area contributed by atoms with Gasteiger partial charge in [0.1, 0.15) is 0 Å². The summed E-state index contributed by atoms with van der Waals surface area (Å²) in [4.78, 5) is 0. The van der Waals surface area contributed by atoms with Crippen molar-refractivity contribution in [3.05, 3.63) is 64.7 Å². The van der Waals surface area contributed by atoms with Gasteiger partial charge in [0.05, 0.1) is 0 Å². The largest absolute Gasteiger partial charge is 0.399 e. The lowest BCUT2D eigenvalue weighted by Crippen LogP contribution is -1.94. The molecule has 0 amide bonds. The van der Waals surface area contributed by atoms with Gasteiger partial charge in [-0.3, -0.25) is 0 Å². The van der Waals surface area contributed by atoms with E-state index in [0.717, 1.165) is 12.1 Å². The highest BCUT2D eigenvalue weighted by molar-refractivity contribution is 5.45. The van der Waals surface area contributed by atoms with Crippen LogP contribution in [0.25, 0.3) is 0 Å². The Kier molecular flexibility index (Phi) is 4.03. The molecule has 0 fully saturated rings. The van der Waals surface area contributed by atoms with E-state index in [1.54, 1.807) is 0 Å². The third-order valence-electron chi connectivity index (χ3n) is 3.32. The lowest BCUT2D eigenvalue weighted by atomic mass is 9.99. The van der Waals surface area contributed by atoms with Crippen LogP contribution in [0.1, 0.15) is 35.6 Å². The van der Waals surface area contributed by atoms with Gasteiger partial charge in [-0.25, -0.2) is 0 Å². The van der Waals surface area contributed by atoms with Gasteiger partial charge in [-0.2, -0.15) is 0 Å². The molecule has 94 valence electrons. The van der Waals surface area contributed by atoms with Crippen molar-refractivity contribution in [2.45, 2.75) is 33.1 Å². The van der Waals surface area contributed by atoms with Gasteiger partial charge in [-0.05, 0) is 54.2 Å². The van der Waals surface area contributed by atoms with E-state index in [2.05, 4.69) is 44.2 Å². The molecule has 0 atom stereocenters. The first-order valence-electron chi connectivity index (χ1n) is 6.62. The number of hydrogen-bond donors (Lipinski definition) is 1. The molecule has 2 N–H and O–H groups in total. The number of aryl methyl sites for hydroxylation is 2. The molecule has 0 aliphatic rings. The van der Waals surface area contributed by atoms with Crippen LogP contribution in [0.4, 0.5) is 5.69 Å². The van der Waals surface area contributed by atoms with Crippen molar-refractivity contribution in [1.82, 2.24) is 0 Å². The van der Waals surface area contributed by atoms with Crippen molar-refractivity contribution < 1.29 is 0 Å². The van der Waals surface area contributed by atoms with E-state index in [1.807, 2.05) is 12.1 Å². The van der Waals surface area contributed by atoms with Crippen molar-refractivity contribution in [2.24, 2.45) is 0 Å². The first-order valence-corrected chi connectivity index (χ1v) is 6.62. The number of nitrogen functional groups attached to an aromatic ring is 1. The van der Waals surface area contributed by atoms with E-state index in [-0.39, 0.29) is 0 Å². The van der Waals surface area contributed by atoms with Gasteiger partial charge in [0.15, 0.2) is 0 Å². The molecule has 2 rings (SSSR count). The average Bonchev–Trinajstić information content (AvgIpc) is 2.35. The molecule has 0 saturated heterocycles. The number of anilines is 1. The Bertz CT molecular complexity index is 512. The summed E-state index contributed by atoms with van der Waals surface area (Å²) in [6, 6.07) is 15.1. The Morgan fingerprint density at radius 3 is 2.22 bits per heavy atom. The second kappa shape index (κ2) is 5.72. The lowest BCUT2D eigenvalue weighted by molar-refractivity contribution is 0.920. The Balaban J connectivity index is 2.13. The van der Waals surface area contributed by atoms with E-state index in [0.29, 0.717) is 0 Å². The van der Waals surface area contributed by atoms with Crippen LogP contribution < -0.4 is 5.73 Å². The third kappa shape index (κ3) is 3.13. The van der Waals surface area contributed by atoms with Crippen molar-refractivity contribution in [3.8, 4) is 0 Å². The molecule has 0 aliphatic heterocycles. The minimum absolute atomic E-state index is 0.842. The van der Waals surface area contributed by atoms with Crippen LogP contribution in [0.5, 0.6) is 0 Å². The van der Waals surface area contributed by atoms with E-state index in [1.165, 1.54) is 35.1 Å². The molecule has 1 nitrogen and oxygen atoms in total. The summed E-state index contributed by atoms with van der Waals surface area (Å²) in [5.41, 5.74) is 12.0. The molecule has 0 aromatic heterocycles. The van der Waals surface area contributed by atoms with Crippen LogP contribution in [-0.2, 0) is 12.8 Å². The number of rotatable bonds is 4. The first-order chi connectivity index (χ1) is 8.69. The Labute approximate surface area is 110 Å². The summed E-state index contributed by atoms with van der Waals surface area (Å²) >= 11 is 0. The lowest BCUT2D eigenvalue weighted by Gasteiger charge is -2.08. The molecular weight excluding hydrogens is 218 g/mol. The summed E-state index contributed by atoms with van der Waals surface area (Å²) in [6.07, 6.45) is 3.36. The predicted octanol–water partition coefficient (Wildman–Crippen LogP) is 4.12. The zero-order chi connectivity index (χ0) is 13.0. The highest BCUT2D eigenvalue weighted by Crippen LogP contribution is 2.17. The Morgan fingerprint density at radius 1 is 0.944 bits per heavy atom. The monoisotopic (exact) mass is 239 g/mol. The zero-order valence-corrected chi connectivity index (χ0v) is 11.2. The predicted molar refractivity (Wildman–Crippen MR) is 78.8 cm³/mol. The molecule has 0 spiro atoms. The van der Waals surface area contributed by atoms with E-state index in [4.69, 9.17) is 5.73 Å². The summed E-state index contributed by atoms with van der Waals surface area (Å²) < 4.78 is 0. The van der Waals surface area contributed by atoms with Gasteiger partial charge in [0, 0.05) is 5.69 Å². The summed E-state index contributed by atoms with van der Waals surface area (Å²) in [6.45, 7) is 4.34. The average molecular weight is 239 g/mol. The maximum absolute atomic E-state index is 5.77. The fourth-order valence-corrected chi connectivity index (χ4v) is 2.25. The molecule has 0 bridgehead atoms. The Hall–Kier alpha value is -1.76. The standard InChI is InChI=1S/C17H21N/c1-3-4-14-5-7-15(8-6-14)12-16-9-10-17(18)11-13(16)2/h5-11H,3-4,12,18H2,1-2H3. The van der Waals surface area contributed by atoms with Crippen molar-refractivity contribution in [3.63, 3.8) is 0 Å². The SMILES string of the molecule is CCCc1ccc(Cc2ccc(N)cc2C)cc1. The summed E-state index contributed by atoms with van der Waals surface area (Å²) in [5.74, 6) is 0. The summed E-state index contributed by atoms with van der Waals surface area (Å²) in [5, 5.41) is 0. The maximum Gasteiger partial charge on any atom is 0.0316 e. The molecule has 0 unspecified atom stereocenters. The molecule has 0 heterocycles. The molecule has 0 saturated carbocycles. The quantitative estimate of drug-likeness (QED) is 0.798. The first kappa shape index (κ1) is 12.7. The molecular formula is C17H21N. The van der Waals surface area contributed by atoms with Crippen LogP contribution >= 0.6 is 0 Å². The van der Waals surface area contributed by atoms with Gasteiger partial charge < -0.3 is 5.73 Å². The minimum Gasteiger partial charge on any atom is -0.399 e. The zero-order valence-electron chi connectivity index (χ0n) is 11.2. The molecule has 2 aromatic carbocycles. The molecule has 2 aromatic rings. The van der Waals surface area contributed by atoms with Gasteiger partial charge in [-0.1, -0.05) is 43.7 Å². The smallest absolute Gasteiger partial charge is 0.0316 e. The highest BCUT2D eigenvalue weighted by atomic mass is 14.5. The van der Waals surface area contributed by atoms with Crippen LogP contribution in [0.15, 0.2) is 42.5 Å². The Morgan fingerprint density at radius 2 is 1.61 bits per heavy atom. The fourth-order valence-electron chi connectivity index (χ4n) is 2.25. The van der Waals surface area contributed by atoms with Crippen molar-refractivity contribution >= 4 is 5.69 Å². The van der Waals surface area contributed by atoms with Gasteiger partial charge >= 0.3 is 0 Å².